The van der Waals surface area contributed by atoms with E-state index >= 15 is 0 Å². The van der Waals surface area contributed by atoms with E-state index in [1.807, 2.05) is 24.3 Å². The van der Waals surface area contributed by atoms with Crippen molar-refractivity contribution in [3.63, 3.8) is 0 Å². The molecule has 2 rings (SSSR count). The molecule has 0 amide bonds. The molecule has 0 aliphatic rings. The van der Waals surface area contributed by atoms with Crippen LogP contribution >= 0.6 is 11.3 Å². The fourth-order valence-electron chi connectivity index (χ4n) is 2.12. The van der Waals surface area contributed by atoms with Crippen molar-refractivity contribution in [2.45, 2.75) is 33.7 Å². The van der Waals surface area contributed by atoms with E-state index in [-0.39, 0.29) is 0 Å². The highest BCUT2D eigenvalue weighted by Gasteiger charge is 2.17. The fraction of sp³-hybridized carbons (Fsp3) is 0.438. The van der Waals surface area contributed by atoms with Crippen LogP contribution in [0.5, 0.6) is 0 Å². The minimum absolute atomic E-state index is 0.291. The number of nitrogens with one attached hydrogen (secondary N) is 1. The molecule has 0 saturated carbocycles. The van der Waals surface area contributed by atoms with Gasteiger partial charge in [-0.05, 0) is 35.4 Å². The zero-order chi connectivity index (χ0) is 14.8. The summed E-state index contributed by atoms with van der Waals surface area (Å²) in [5.74, 6) is -0.834. The standard InChI is InChI=1S/C16H21NO2S/c1-16(2,3)8-9-17-10-12-11-6-4-5-7-13(11)20-14(12)15(18)19/h4-7,17H,8-10H2,1-3H3,(H,18,19). The predicted molar refractivity (Wildman–Crippen MR) is 84.6 cm³/mol. The lowest BCUT2D eigenvalue weighted by molar-refractivity contribution is 0.0701. The Kier molecular flexibility index (Phi) is 4.45. The van der Waals surface area contributed by atoms with Gasteiger partial charge < -0.3 is 10.4 Å². The molecular weight excluding hydrogens is 270 g/mol. The number of rotatable bonds is 5. The molecule has 0 radical (unpaired) electrons. The zero-order valence-electron chi connectivity index (χ0n) is 12.2. The van der Waals surface area contributed by atoms with E-state index in [1.54, 1.807) is 0 Å². The molecule has 1 aromatic heterocycles. The molecule has 0 bridgehead atoms. The van der Waals surface area contributed by atoms with Crippen LogP contribution in [0.3, 0.4) is 0 Å². The zero-order valence-corrected chi connectivity index (χ0v) is 13.0. The topological polar surface area (TPSA) is 49.3 Å². The minimum atomic E-state index is -0.834. The number of carbonyl (C=O) groups is 1. The lowest BCUT2D eigenvalue weighted by Crippen LogP contribution is -2.20. The number of benzene rings is 1. The third-order valence-electron chi connectivity index (χ3n) is 3.25. The van der Waals surface area contributed by atoms with E-state index < -0.39 is 5.97 Å². The largest absolute Gasteiger partial charge is 0.477 e. The molecule has 108 valence electrons. The van der Waals surface area contributed by atoms with Gasteiger partial charge in [0.15, 0.2) is 0 Å². The second kappa shape index (κ2) is 5.94. The van der Waals surface area contributed by atoms with Gasteiger partial charge in [0.25, 0.3) is 0 Å². The van der Waals surface area contributed by atoms with Crippen molar-refractivity contribution < 1.29 is 9.90 Å². The van der Waals surface area contributed by atoms with Crippen LogP contribution in [0, 0.1) is 5.41 Å². The van der Waals surface area contributed by atoms with Crippen LogP contribution in [-0.2, 0) is 6.54 Å². The number of hydrogen-bond donors (Lipinski definition) is 2. The van der Waals surface area contributed by atoms with Gasteiger partial charge in [0.05, 0.1) is 0 Å². The van der Waals surface area contributed by atoms with Crippen LogP contribution in [-0.4, -0.2) is 17.6 Å². The first-order valence-electron chi connectivity index (χ1n) is 6.83. The van der Waals surface area contributed by atoms with Gasteiger partial charge in [-0.1, -0.05) is 39.0 Å². The van der Waals surface area contributed by atoms with E-state index in [4.69, 9.17) is 0 Å². The number of aromatic carboxylic acids is 1. The summed E-state index contributed by atoms with van der Waals surface area (Å²) in [6.07, 6.45) is 1.07. The average molecular weight is 291 g/mol. The van der Waals surface area contributed by atoms with Crippen molar-refractivity contribution in [1.29, 1.82) is 0 Å². The molecule has 0 aliphatic heterocycles. The Morgan fingerprint density at radius 3 is 2.65 bits per heavy atom. The first-order chi connectivity index (χ1) is 9.38. The van der Waals surface area contributed by atoms with Crippen molar-refractivity contribution in [3.8, 4) is 0 Å². The predicted octanol–water partition coefficient (Wildman–Crippen LogP) is 4.13. The molecular formula is C16H21NO2S. The van der Waals surface area contributed by atoms with Crippen molar-refractivity contribution in [2.75, 3.05) is 6.54 Å². The Morgan fingerprint density at radius 1 is 1.30 bits per heavy atom. The molecule has 0 fully saturated rings. The fourth-order valence-corrected chi connectivity index (χ4v) is 3.18. The second-order valence-electron chi connectivity index (χ2n) is 6.20. The van der Waals surface area contributed by atoms with Gasteiger partial charge in [-0.25, -0.2) is 4.79 Å². The summed E-state index contributed by atoms with van der Waals surface area (Å²) >= 11 is 1.36. The van der Waals surface area contributed by atoms with Gasteiger partial charge in [0, 0.05) is 11.2 Å². The molecule has 3 nitrogen and oxygen atoms in total. The first-order valence-corrected chi connectivity index (χ1v) is 7.64. The Bertz CT molecular complexity index is 610. The third kappa shape index (κ3) is 3.58. The SMILES string of the molecule is CC(C)(C)CCNCc1c(C(=O)O)sc2ccccc12. The van der Waals surface area contributed by atoms with Crippen LogP contribution in [0.4, 0.5) is 0 Å². The maximum atomic E-state index is 11.4. The maximum absolute atomic E-state index is 11.4. The molecule has 1 heterocycles. The summed E-state index contributed by atoms with van der Waals surface area (Å²) in [5, 5.41) is 13.8. The van der Waals surface area contributed by atoms with Crippen molar-refractivity contribution in [2.24, 2.45) is 5.41 Å². The first kappa shape index (κ1) is 15.0. The average Bonchev–Trinajstić information content (AvgIpc) is 2.72. The van der Waals surface area contributed by atoms with Gasteiger partial charge in [-0.15, -0.1) is 11.3 Å². The van der Waals surface area contributed by atoms with Crippen LogP contribution in [0.2, 0.25) is 0 Å². The smallest absolute Gasteiger partial charge is 0.346 e. The molecule has 20 heavy (non-hydrogen) atoms. The monoisotopic (exact) mass is 291 g/mol. The van der Waals surface area contributed by atoms with Crippen LogP contribution in [0.1, 0.15) is 42.4 Å². The van der Waals surface area contributed by atoms with E-state index in [0.717, 1.165) is 28.6 Å². The summed E-state index contributed by atoms with van der Waals surface area (Å²) in [6.45, 7) is 8.13. The Balaban J connectivity index is 2.15. The highest BCUT2D eigenvalue weighted by Crippen LogP contribution is 2.31. The van der Waals surface area contributed by atoms with Gasteiger partial charge in [-0.2, -0.15) is 0 Å². The molecule has 0 atom stereocenters. The molecule has 0 unspecified atom stereocenters. The summed E-state index contributed by atoms with van der Waals surface area (Å²) in [6, 6.07) is 7.88. The number of carboxylic acids is 1. The minimum Gasteiger partial charge on any atom is -0.477 e. The van der Waals surface area contributed by atoms with Gasteiger partial charge >= 0.3 is 5.97 Å². The Hall–Kier alpha value is -1.39. The third-order valence-corrected chi connectivity index (χ3v) is 4.45. The lowest BCUT2D eigenvalue weighted by Gasteiger charge is -2.18. The van der Waals surface area contributed by atoms with Gasteiger partial charge in [0.1, 0.15) is 4.88 Å². The Labute approximate surface area is 123 Å². The maximum Gasteiger partial charge on any atom is 0.346 e. The highest BCUT2D eigenvalue weighted by atomic mass is 32.1. The van der Waals surface area contributed by atoms with E-state index in [0.29, 0.717) is 16.8 Å². The molecule has 2 aromatic rings. The normalized spacial score (nSPS) is 11.9. The number of carboxylic acid groups (broad SMARTS) is 1. The molecule has 2 N–H and O–H groups in total. The number of fused-ring (bicyclic) bond motifs is 1. The van der Waals surface area contributed by atoms with E-state index in [9.17, 15) is 9.90 Å². The quantitative estimate of drug-likeness (QED) is 0.814. The lowest BCUT2D eigenvalue weighted by atomic mass is 9.92. The highest BCUT2D eigenvalue weighted by molar-refractivity contribution is 7.21. The van der Waals surface area contributed by atoms with Gasteiger partial charge in [-0.3, -0.25) is 0 Å². The van der Waals surface area contributed by atoms with Crippen LogP contribution in [0.15, 0.2) is 24.3 Å². The van der Waals surface area contributed by atoms with E-state index in [1.165, 1.54) is 11.3 Å². The molecule has 0 aliphatic carbocycles. The summed E-state index contributed by atoms with van der Waals surface area (Å²) in [7, 11) is 0. The Morgan fingerprint density at radius 2 is 2.00 bits per heavy atom. The summed E-state index contributed by atoms with van der Waals surface area (Å²) < 4.78 is 1.04. The van der Waals surface area contributed by atoms with Crippen molar-refractivity contribution in [1.82, 2.24) is 5.32 Å². The van der Waals surface area contributed by atoms with Gasteiger partial charge in [0.2, 0.25) is 0 Å². The molecule has 4 heteroatoms. The van der Waals surface area contributed by atoms with Crippen LogP contribution in [0.25, 0.3) is 10.1 Å². The summed E-state index contributed by atoms with van der Waals surface area (Å²) in [4.78, 5) is 11.8. The molecule has 1 aromatic carbocycles. The number of hydrogen-bond acceptors (Lipinski definition) is 3. The van der Waals surface area contributed by atoms with Crippen LogP contribution < -0.4 is 5.32 Å². The second-order valence-corrected chi connectivity index (χ2v) is 7.25. The van der Waals surface area contributed by atoms with Crippen molar-refractivity contribution >= 4 is 27.4 Å². The number of thiophene rings is 1. The van der Waals surface area contributed by atoms with Crippen molar-refractivity contribution in [3.05, 3.63) is 34.7 Å². The van der Waals surface area contributed by atoms with E-state index in [2.05, 4.69) is 26.1 Å². The molecule has 0 spiro atoms. The summed E-state index contributed by atoms with van der Waals surface area (Å²) in [5.41, 5.74) is 1.20. The molecule has 0 saturated heterocycles.